The number of unbranched alkanes of at least 4 members (excludes halogenated alkanes) is 1. The first kappa shape index (κ1) is 15.8. The minimum Gasteiger partial charge on any atom is -0.480 e. The number of benzene rings is 1. The first-order valence-electron chi connectivity index (χ1n) is 6.00. The second-order valence-electron chi connectivity index (χ2n) is 4.19. The van der Waals surface area contributed by atoms with Crippen LogP contribution in [-0.4, -0.2) is 22.0 Å². The molecular formula is C12H14F2N2O4. The van der Waals surface area contributed by atoms with Gasteiger partial charge in [0, 0.05) is 6.07 Å². The molecule has 8 heteroatoms. The van der Waals surface area contributed by atoms with E-state index in [1.807, 2.05) is 6.92 Å². The summed E-state index contributed by atoms with van der Waals surface area (Å²) in [4.78, 5) is 20.9. The number of hydrogen-bond acceptors (Lipinski definition) is 4. The van der Waals surface area contributed by atoms with Gasteiger partial charge in [0.05, 0.1) is 4.92 Å². The average Bonchev–Trinajstić information content (AvgIpc) is 2.38. The van der Waals surface area contributed by atoms with Crippen LogP contribution in [0, 0.1) is 21.7 Å². The molecule has 0 bridgehead atoms. The molecule has 0 amide bonds. The van der Waals surface area contributed by atoms with E-state index in [-0.39, 0.29) is 6.42 Å². The van der Waals surface area contributed by atoms with Crippen LogP contribution in [0.15, 0.2) is 12.1 Å². The Hall–Kier alpha value is -2.25. The third-order valence-electron chi connectivity index (χ3n) is 2.73. The normalized spacial score (nSPS) is 11.9. The highest BCUT2D eigenvalue weighted by Crippen LogP contribution is 2.30. The molecule has 1 rings (SSSR count). The molecule has 0 aliphatic heterocycles. The Bertz CT molecular complexity index is 522. The highest BCUT2D eigenvalue weighted by molar-refractivity contribution is 5.79. The van der Waals surface area contributed by atoms with Crippen LogP contribution < -0.4 is 5.32 Å². The largest absolute Gasteiger partial charge is 0.480 e. The number of halogens is 2. The van der Waals surface area contributed by atoms with Crippen LogP contribution in [0.2, 0.25) is 0 Å². The third kappa shape index (κ3) is 3.62. The summed E-state index contributed by atoms with van der Waals surface area (Å²) in [7, 11) is 0. The Kier molecular flexibility index (Phi) is 5.36. The number of nitrogens with one attached hydrogen (secondary N) is 1. The molecule has 0 aliphatic rings. The van der Waals surface area contributed by atoms with Crippen molar-refractivity contribution in [1.29, 1.82) is 0 Å². The molecule has 0 heterocycles. The van der Waals surface area contributed by atoms with Gasteiger partial charge in [-0.15, -0.1) is 0 Å². The van der Waals surface area contributed by atoms with Gasteiger partial charge in [0.25, 0.3) is 5.69 Å². The molecule has 20 heavy (non-hydrogen) atoms. The number of nitro groups is 1. The summed E-state index contributed by atoms with van der Waals surface area (Å²) in [6, 6.07) is 0.199. The van der Waals surface area contributed by atoms with E-state index in [9.17, 15) is 23.7 Å². The average molecular weight is 288 g/mol. The van der Waals surface area contributed by atoms with Crippen LogP contribution in [-0.2, 0) is 4.79 Å². The smallest absolute Gasteiger partial charge is 0.326 e. The zero-order valence-corrected chi connectivity index (χ0v) is 10.7. The van der Waals surface area contributed by atoms with Crippen LogP contribution in [0.5, 0.6) is 0 Å². The molecule has 0 fully saturated rings. The van der Waals surface area contributed by atoms with E-state index in [1.54, 1.807) is 0 Å². The van der Waals surface area contributed by atoms with E-state index in [2.05, 4.69) is 5.32 Å². The van der Waals surface area contributed by atoms with Crippen molar-refractivity contribution in [3.63, 3.8) is 0 Å². The monoisotopic (exact) mass is 288 g/mol. The molecule has 6 nitrogen and oxygen atoms in total. The Morgan fingerprint density at radius 2 is 2.15 bits per heavy atom. The SMILES string of the molecule is CCCCC(Nc1c([N+](=O)[O-])ccc(F)c1F)C(=O)O. The van der Waals surface area contributed by atoms with Gasteiger partial charge in [-0.05, 0) is 12.5 Å². The van der Waals surface area contributed by atoms with Crippen molar-refractivity contribution in [2.75, 3.05) is 5.32 Å². The van der Waals surface area contributed by atoms with Gasteiger partial charge in [0.1, 0.15) is 6.04 Å². The number of nitro benzene ring substituents is 1. The molecule has 0 saturated heterocycles. The predicted molar refractivity (Wildman–Crippen MR) is 67.6 cm³/mol. The van der Waals surface area contributed by atoms with Crippen LogP contribution in [0.1, 0.15) is 26.2 Å². The lowest BCUT2D eigenvalue weighted by molar-refractivity contribution is -0.384. The lowest BCUT2D eigenvalue weighted by Gasteiger charge is -2.16. The van der Waals surface area contributed by atoms with Crippen LogP contribution in [0.3, 0.4) is 0 Å². The van der Waals surface area contributed by atoms with Gasteiger partial charge < -0.3 is 10.4 Å². The molecule has 1 unspecified atom stereocenters. The maximum Gasteiger partial charge on any atom is 0.326 e. The Balaban J connectivity index is 3.13. The topological polar surface area (TPSA) is 92.5 Å². The molecule has 0 aromatic heterocycles. The van der Waals surface area contributed by atoms with Gasteiger partial charge in [0.2, 0.25) is 0 Å². The Morgan fingerprint density at radius 1 is 1.50 bits per heavy atom. The van der Waals surface area contributed by atoms with E-state index in [1.165, 1.54) is 0 Å². The number of nitrogens with zero attached hydrogens (tertiary/aromatic N) is 1. The van der Waals surface area contributed by atoms with E-state index >= 15 is 0 Å². The molecule has 1 aromatic rings. The highest BCUT2D eigenvalue weighted by atomic mass is 19.2. The quantitative estimate of drug-likeness (QED) is 0.594. The lowest BCUT2D eigenvalue weighted by Crippen LogP contribution is -2.30. The number of carboxylic acid groups (broad SMARTS) is 1. The van der Waals surface area contributed by atoms with Gasteiger partial charge in [-0.25, -0.2) is 13.6 Å². The number of anilines is 1. The van der Waals surface area contributed by atoms with Crippen molar-refractivity contribution in [3.05, 3.63) is 33.9 Å². The van der Waals surface area contributed by atoms with E-state index in [4.69, 9.17) is 5.11 Å². The maximum atomic E-state index is 13.6. The molecule has 1 aromatic carbocycles. The van der Waals surface area contributed by atoms with E-state index in [0.29, 0.717) is 18.9 Å². The fourth-order valence-electron chi connectivity index (χ4n) is 1.67. The zero-order valence-electron chi connectivity index (χ0n) is 10.7. The number of carbonyl (C=O) groups is 1. The van der Waals surface area contributed by atoms with Gasteiger partial charge in [-0.3, -0.25) is 10.1 Å². The minimum atomic E-state index is -1.46. The van der Waals surface area contributed by atoms with Crippen LogP contribution in [0.4, 0.5) is 20.2 Å². The molecule has 110 valence electrons. The summed E-state index contributed by atoms with van der Waals surface area (Å²) in [6.45, 7) is 1.84. The highest BCUT2D eigenvalue weighted by Gasteiger charge is 2.26. The fourth-order valence-corrected chi connectivity index (χ4v) is 1.67. The van der Waals surface area contributed by atoms with Gasteiger partial charge in [0.15, 0.2) is 17.3 Å². The van der Waals surface area contributed by atoms with E-state index < -0.39 is 39.9 Å². The number of carboxylic acids is 1. The Labute approximate surface area is 113 Å². The lowest BCUT2D eigenvalue weighted by atomic mass is 10.1. The predicted octanol–water partition coefficient (Wildman–Crippen LogP) is 2.93. The summed E-state index contributed by atoms with van der Waals surface area (Å²) in [6.07, 6.45) is 1.40. The van der Waals surface area contributed by atoms with Crippen molar-refractivity contribution in [1.82, 2.24) is 0 Å². The standard InChI is InChI=1S/C12H14F2N2O4/c1-2-3-4-8(12(17)18)15-11-9(16(19)20)6-5-7(13)10(11)14/h5-6,8,15H,2-4H2,1H3,(H,17,18). The van der Waals surface area contributed by atoms with Gasteiger partial charge in [-0.2, -0.15) is 0 Å². The second-order valence-corrected chi connectivity index (χ2v) is 4.19. The van der Waals surface area contributed by atoms with Crippen LogP contribution >= 0.6 is 0 Å². The number of hydrogen-bond donors (Lipinski definition) is 2. The number of aliphatic carboxylic acids is 1. The zero-order chi connectivity index (χ0) is 15.3. The van der Waals surface area contributed by atoms with E-state index in [0.717, 1.165) is 6.07 Å². The van der Waals surface area contributed by atoms with Gasteiger partial charge >= 0.3 is 5.97 Å². The maximum absolute atomic E-state index is 13.6. The molecule has 0 spiro atoms. The molecular weight excluding hydrogens is 274 g/mol. The van der Waals surface area contributed by atoms with Crippen molar-refractivity contribution >= 4 is 17.3 Å². The molecule has 1 atom stereocenters. The summed E-state index contributed by atoms with van der Waals surface area (Å²) in [5.41, 5.74) is -1.44. The summed E-state index contributed by atoms with van der Waals surface area (Å²) < 4.78 is 26.8. The minimum absolute atomic E-state index is 0.152. The molecule has 0 saturated carbocycles. The van der Waals surface area contributed by atoms with Crippen molar-refractivity contribution in [3.8, 4) is 0 Å². The molecule has 0 radical (unpaired) electrons. The molecule has 2 N–H and O–H groups in total. The van der Waals surface area contributed by atoms with Crippen molar-refractivity contribution in [2.24, 2.45) is 0 Å². The summed E-state index contributed by atoms with van der Waals surface area (Å²) in [5.74, 6) is -4.02. The van der Waals surface area contributed by atoms with Crippen LogP contribution in [0.25, 0.3) is 0 Å². The third-order valence-corrected chi connectivity index (χ3v) is 2.73. The fraction of sp³-hybridized carbons (Fsp3) is 0.417. The summed E-state index contributed by atoms with van der Waals surface area (Å²) >= 11 is 0. The summed E-state index contributed by atoms with van der Waals surface area (Å²) in [5, 5.41) is 22.0. The van der Waals surface area contributed by atoms with Crippen molar-refractivity contribution in [2.45, 2.75) is 32.2 Å². The van der Waals surface area contributed by atoms with Crippen molar-refractivity contribution < 1.29 is 23.6 Å². The first-order valence-corrected chi connectivity index (χ1v) is 6.00. The number of rotatable bonds is 7. The molecule has 0 aliphatic carbocycles. The van der Waals surface area contributed by atoms with Gasteiger partial charge in [-0.1, -0.05) is 19.8 Å². The second kappa shape index (κ2) is 6.78. The Morgan fingerprint density at radius 3 is 2.65 bits per heavy atom. The first-order chi connectivity index (χ1) is 9.38.